The molecule has 1 aromatic rings. The average molecular weight is 288 g/mol. The van der Waals surface area contributed by atoms with Gasteiger partial charge in [0.2, 0.25) is 0 Å². The molecule has 1 saturated heterocycles. The van der Waals surface area contributed by atoms with Gasteiger partial charge < -0.3 is 15.4 Å². The number of hydrogen-bond donors (Lipinski definition) is 1. The molecule has 1 aromatic carbocycles. The van der Waals surface area contributed by atoms with Crippen molar-refractivity contribution in [2.75, 3.05) is 18.6 Å². The first-order chi connectivity index (χ1) is 10.2. The van der Waals surface area contributed by atoms with Crippen molar-refractivity contribution in [3.8, 4) is 5.75 Å². The molecule has 0 amide bonds. The van der Waals surface area contributed by atoms with Crippen molar-refractivity contribution in [3.05, 3.63) is 23.8 Å². The van der Waals surface area contributed by atoms with Crippen LogP contribution in [0.5, 0.6) is 5.75 Å². The molecule has 3 nitrogen and oxygen atoms in total. The van der Waals surface area contributed by atoms with Crippen LogP contribution in [0.2, 0.25) is 0 Å². The van der Waals surface area contributed by atoms with Crippen LogP contribution in [0.3, 0.4) is 0 Å². The third kappa shape index (κ3) is 2.76. The fourth-order valence-electron chi connectivity index (χ4n) is 4.34. The van der Waals surface area contributed by atoms with E-state index in [9.17, 15) is 0 Å². The van der Waals surface area contributed by atoms with E-state index in [4.69, 9.17) is 10.5 Å². The Labute approximate surface area is 128 Å². The third-order valence-electron chi connectivity index (χ3n) is 5.27. The monoisotopic (exact) mass is 288 g/mol. The van der Waals surface area contributed by atoms with E-state index in [1.54, 1.807) is 7.11 Å². The molecule has 3 heteroatoms. The third-order valence-corrected chi connectivity index (χ3v) is 5.27. The Hall–Kier alpha value is -1.22. The molecule has 116 valence electrons. The highest BCUT2D eigenvalue weighted by Crippen LogP contribution is 2.41. The fourth-order valence-corrected chi connectivity index (χ4v) is 4.34. The van der Waals surface area contributed by atoms with Gasteiger partial charge in [-0.1, -0.05) is 18.9 Å². The van der Waals surface area contributed by atoms with Crippen LogP contribution in [-0.4, -0.2) is 19.7 Å². The fraction of sp³-hybridized carbons (Fsp3) is 0.667. The molecule has 21 heavy (non-hydrogen) atoms. The summed E-state index contributed by atoms with van der Waals surface area (Å²) in [6, 6.07) is 7.07. The Bertz CT molecular complexity index is 480. The molecule has 1 aliphatic heterocycles. The molecule has 2 fully saturated rings. The van der Waals surface area contributed by atoms with Crippen molar-refractivity contribution in [2.24, 2.45) is 11.7 Å². The Morgan fingerprint density at radius 3 is 2.62 bits per heavy atom. The van der Waals surface area contributed by atoms with Gasteiger partial charge in [0.25, 0.3) is 0 Å². The lowest BCUT2D eigenvalue weighted by atomic mass is 9.94. The van der Waals surface area contributed by atoms with E-state index in [0.717, 1.165) is 18.2 Å². The molecular formula is C18H28N2O. The van der Waals surface area contributed by atoms with E-state index >= 15 is 0 Å². The summed E-state index contributed by atoms with van der Waals surface area (Å²) in [7, 11) is 1.74. The van der Waals surface area contributed by atoms with Crippen molar-refractivity contribution < 1.29 is 4.74 Å². The Morgan fingerprint density at radius 1 is 1.19 bits per heavy atom. The summed E-state index contributed by atoms with van der Waals surface area (Å²) in [4.78, 5) is 2.62. The van der Waals surface area contributed by atoms with E-state index in [0.29, 0.717) is 6.04 Å². The number of nitrogens with zero attached hydrogens (tertiary/aromatic N) is 1. The minimum atomic E-state index is 0.000906. The average Bonchev–Trinajstić information content (AvgIpc) is 3.16. The van der Waals surface area contributed by atoms with Gasteiger partial charge in [-0.05, 0) is 50.7 Å². The minimum absolute atomic E-state index is 0.000906. The molecule has 2 aliphatic rings. The number of benzene rings is 1. The van der Waals surface area contributed by atoms with E-state index < -0.39 is 0 Å². The lowest BCUT2D eigenvalue weighted by Gasteiger charge is -2.34. The smallest absolute Gasteiger partial charge is 0.125 e. The summed E-state index contributed by atoms with van der Waals surface area (Å²) in [5.41, 5.74) is 8.73. The zero-order chi connectivity index (χ0) is 14.8. The molecule has 2 N–H and O–H groups in total. The minimum Gasteiger partial charge on any atom is -0.496 e. The Balaban J connectivity index is 1.94. The summed E-state index contributed by atoms with van der Waals surface area (Å²) in [6.07, 6.45) is 8.26. The Morgan fingerprint density at radius 2 is 1.95 bits per heavy atom. The molecule has 3 rings (SSSR count). The van der Waals surface area contributed by atoms with Crippen LogP contribution in [0, 0.1) is 5.92 Å². The lowest BCUT2D eigenvalue weighted by Crippen LogP contribution is -2.35. The first-order valence-electron chi connectivity index (χ1n) is 8.41. The maximum absolute atomic E-state index is 6.25. The summed E-state index contributed by atoms with van der Waals surface area (Å²) in [5, 5.41) is 0. The molecular weight excluding hydrogens is 260 g/mol. The highest BCUT2D eigenvalue weighted by atomic mass is 16.5. The number of methoxy groups -OCH3 is 1. The van der Waals surface area contributed by atoms with Crippen molar-refractivity contribution in [3.63, 3.8) is 0 Å². The largest absolute Gasteiger partial charge is 0.496 e. The van der Waals surface area contributed by atoms with Gasteiger partial charge in [0.05, 0.1) is 7.11 Å². The predicted octanol–water partition coefficient (Wildman–Crippen LogP) is 3.87. The van der Waals surface area contributed by atoms with Crippen LogP contribution >= 0.6 is 0 Å². The summed E-state index contributed by atoms with van der Waals surface area (Å²) < 4.78 is 5.56. The first-order valence-corrected chi connectivity index (χ1v) is 8.41. The standard InChI is InChI=1S/C18H28N2O/c1-13(19)18-16(9-5-11-17(18)21-2)20-12-6-10-15(20)14-7-3-4-8-14/h5,9,11,13-15H,3-4,6-8,10,12,19H2,1-2H3/t13-,15?/m0/s1. The van der Waals surface area contributed by atoms with E-state index in [2.05, 4.69) is 24.0 Å². The first kappa shape index (κ1) is 14.7. The second-order valence-corrected chi connectivity index (χ2v) is 6.63. The number of anilines is 1. The maximum atomic E-state index is 6.25. The van der Waals surface area contributed by atoms with Gasteiger partial charge >= 0.3 is 0 Å². The zero-order valence-electron chi connectivity index (χ0n) is 13.3. The number of rotatable bonds is 4. The molecule has 1 aliphatic carbocycles. The highest BCUT2D eigenvalue weighted by molar-refractivity contribution is 5.62. The van der Waals surface area contributed by atoms with Crippen LogP contribution in [0.25, 0.3) is 0 Å². The maximum Gasteiger partial charge on any atom is 0.125 e. The van der Waals surface area contributed by atoms with Gasteiger partial charge in [-0.2, -0.15) is 0 Å². The van der Waals surface area contributed by atoms with Gasteiger partial charge in [-0.15, -0.1) is 0 Å². The van der Waals surface area contributed by atoms with Crippen molar-refractivity contribution in [1.29, 1.82) is 0 Å². The summed E-state index contributed by atoms with van der Waals surface area (Å²) >= 11 is 0. The van der Waals surface area contributed by atoms with Crippen molar-refractivity contribution >= 4 is 5.69 Å². The number of hydrogen-bond acceptors (Lipinski definition) is 3. The number of ether oxygens (including phenoxy) is 1. The molecule has 1 heterocycles. The zero-order valence-corrected chi connectivity index (χ0v) is 13.3. The molecule has 0 aromatic heterocycles. The predicted molar refractivity (Wildman–Crippen MR) is 87.9 cm³/mol. The second kappa shape index (κ2) is 6.27. The summed E-state index contributed by atoms with van der Waals surface area (Å²) in [6.45, 7) is 3.22. The lowest BCUT2D eigenvalue weighted by molar-refractivity contribution is 0.404. The van der Waals surface area contributed by atoms with Gasteiger partial charge in [0.1, 0.15) is 5.75 Å². The van der Waals surface area contributed by atoms with Gasteiger partial charge in [0.15, 0.2) is 0 Å². The molecule has 1 saturated carbocycles. The van der Waals surface area contributed by atoms with E-state index in [1.807, 2.05) is 6.07 Å². The topological polar surface area (TPSA) is 38.5 Å². The molecule has 2 atom stereocenters. The second-order valence-electron chi connectivity index (χ2n) is 6.63. The van der Waals surface area contributed by atoms with Crippen LogP contribution in [-0.2, 0) is 0 Å². The molecule has 0 spiro atoms. The van der Waals surface area contributed by atoms with Gasteiger partial charge in [-0.25, -0.2) is 0 Å². The molecule has 0 bridgehead atoms. The summed E-state index contributed by atoms with van der Waals surface area (Å²) in [5.74, 6) is 1.80. The van der Waals surface area contributed by atoms with E-state index in [-0.39, 0.29) is 6.04 Å². The Kier molecular flexibility index (Phi) is 4.39. The van der Waals surface area contributed by atoms with Crippen LogP contribution < -0.4 is 15.4 Å². The van der Waals surface area contributed by atoms with Crippen LogP contribution in [0.1, 0.15) is 57.1 Å². The molecule has 0 radical (unpaired) electrons. The van der Waals surface area contributed by atoms with Crippen LogP contribution in [0.15, 0.2) is 18.2 Å². The van der Waals surface area contributed by atoms with Gasteiger partial charge in [0, 0.05) is 29.9 Å². The van der Waals surface area contributed by atoms with E-state index in [1.165, 1.54) is 49.8 Å². The van der Waals surface area contributed by atoms with Gasteiger partial charge in [-0.3, -0.25) is 0 Å². The van der Waals surface area contributed by atoms with Crippen molar-refractivity contribution in [2.45, 2.75) is 57.5 Å². The molecule has 1 unspecified atom stereocenters. The SMILES string of the molecule is COc1cccc(N2CCCC2C2CCCC2)c1[C@H](C)N. The quantitative estimate of drug-likeness (QED) is 0.914. The van der Waals surface area contributed by atoms with Crippen LogP contribution in [0.4, 0.5) is 5.69 Å². The highest BCUT2D eigenvalue weighted by Gasteiger charge is 2.34. The normalized spacial score (nSPS) is 24.5. The van der Waals surface area contributed by atoms with Crippen molar-refractivity contribution in [1.82, 2.24) is 0 Å². The number of nitrogens with two attached hydrogens (primary N) is 1.